The Labute approximate surface area is 124 Å². The minimum atomic E-state index is 0.353. The molecule has 2 aromatic rings. The van der Waals surface area contributed by atoms with Gasteiger partial charge in [-0.2, -0.15) is 5.10 Å². The van der Waals surface area contributed by atoms with Gasteiger partial charge in [0.1, 0.15) is 17.3 Å². The Bertz CT molecular complexity index is 630. The third-order valence-electron chi connectivity index (χ3n) is 3.05. The van der Waals surface area contributed by atoms with E-state index in [0.717, 1.165) is 24.0 Å². The van der Waals surface area contributed by atoms with Gasteiger partial charge in [0.2, 0.25) is 0 Å². The van der Waals surface area contributed by atoms with Crippen LogP contribution in [0.2, 0.25) is 0 Å². The number of benzene rings is 1. The molecule has 0 bridgehead atoms. The molecule has 2 rings (SSSR count). The summed E-state index contributed by atoms with van der Waals surface area (Å²) < 4.78 is 7.10. The Hall–Kier alpha value is -2.56. The first-order valence-corrected chi connectivity index (χ1v) is 6.86. The second-order valence-corrected chi connectivity index (χ2v) is 4.61. The number of nitrogens with zero attached hydrogens (tertiary/aromatic N) is 2. The highest BCUT2D eigenvalue weighted by Crippen LogP contribution is 2.27. The number of nitrogens with two attached hydrogens (primary N) is 1. The number of hydrogen-bond acceptors (Lipinski definition) is 4. The van der Waals surface area contributed by atoms with Crippen molar-refractivity contribution in [3.8, 4) is 17.0 Å². The molecule has 5 heteroatoms. The largest absolute Gasteiger partial charge is 0.494 e. The molecule has 0 unspecified atom stereocenters. The fraction of sp³-hybridized carbons (Fsp3) is 0.250. The second kappa shape index (κ2) is 6.74. The van der Waals surface area contributed by atoms with Crippen molar-refractivity contribution < 1.29 is 9.53 Å². The third kappa shape index (κ3) is 3.13. The summed E-state index contributed by atoms with van der Waals surface area (Å²) in [6, 6.07) is 7.47. The lowest BCUT2D eigenvalue weighted by atomic mass is 10.1. The van der Waals surface area contributed by atoms with E-state index in [4.69, 9.17) is 10.5 Å². The molecule has 0 fully saturated rings. The van der Waals surface area contributed by atoms with Gasteiger partial charge in [-0.25, -0.2) is 4.68 Å². The number of aldehydes is 1. The highest BCUT2D eigenvalue weighted by atomic mass is 16.5. The molecule has 0 saturated carbocycles. The van der Waals surface area contributed by atoms with Crippen LogP contribution in [0.1, 0.15) is 23.7 Å². The van der Waals surface area contributed by atoms with Crippen molar-refractivity contribution in [3.05, 3.63) is 42.5 Å². The van der Waals surface area contributed by atoms with Gasteiger partial charge in [-0.1, -0.05) is 13.0 Å². The number of aromatic nitrogens is 2. The van der Waals surface area contributed by atoms with Crippen LogP contribution in [0.25, 0.3) is 11.3 Å². The first-order chi connectivity index (χ1) is 10.2. The Morgan fingerprint density at radius 2 is 2.10 bits per heavy atom. The van der Waals surface area contributed by atoms with E-state index in [1.807, 2.05) is 24.3 Å². The van der Waals surface area contributed by atoms with Crippen LogP contribution >= 0.6 is 0 Å². The maximum atomic E-state index is 11.3. The molecule has 5 nitrogen and oxygen atoms in total. The van der Waals surface area contributed by atoms with Crippen LogP contribution < -0.4 is 10.5 Å². The summed E-state index contributed by atoms with van der Waals surface area (Å²) in [6.07, 6.45) is 3.38. The first kappa shape index (κ1) is 14.8. The normalized spacial score (nSPS) is 10.3. The van der Waals surface area contributed by atoms with Gasteiger partial charge >= 0.3 is 0 Å². The topological polar surface area (TPSA) is 70.1 Å². The molecule has 2 N–H and O–H groups in total. The molecule has 0 atom stereocenters. The summed E-state index contributed by atoms with van der Waals surface area (Å²) in [4.78, 5) is 11.3. The van der Waals surface area contributed by atoms with Crippen molar-refractivity contribution in [2.75, 3.05) is 12.3 Å². The Kier molecular flexibility index (Phi) is 4.77. The van der Waals surface area contributed by atoms with Crippen molar-refractivity contribution in [3.63, 3.8) is 0 Å². The average molecular weight is 285 g/mol. The number of anilines is 1. The van der Waals surface area contributed by atoms with E-state index in [0.29, 0.717) is 30.2 Å². The third-order valence-corrected chi connectivity index (χ3v) is 3.05. The Morgan fingerprint density at radius 3 is 2.67 bits per heavy atom. The molecule has 110 valence electrons. The summed E-state index contributed by atoms with van der Waals surface area (Å²) in [5.74, 6) is 1.15. The van der Waals surface area contributed by atoms with Crippen molar-refractivity contribution in [1.82, 2.24) is 9.78 Å². The maximum Gasteiger partial charge on any atom is 0.156 e. The van der Waals surface area contributed by atoms with Crippen LogP contribution in [0.3, 0.4) is 0 Å². The fourth-order valence-corrected chi connectivity index (χ4v) is 2.01. The number of hydrogen-bond donors (Lipinski definition) is 1. The first-order valence-electron chi connectivity index (χ1n) is 6.86. The molecule has 21 heavy (non-hydrogen) atoms. The predicted octanol–water partition coefficient (Wildman–Crippen LogP) is 2.92. The highest BCUT2D eigenvalue weighted by molar-refractivity contribution is 5.91. The van der Waals surface area contributed by atoms with E-state index in [-0.39, 0.29) is 0 Å². The number of nitrogen functional groups attached to an aromatic ring is 1. The molecule has 0 spiro atoms. The van der Waals surface area contributed by atoms with Crippen molar-refractivity contribution in [2.45, 2.75) is 19.9 Å². The Balaban J connectivity index is 2.34. The van der Waals surface area contributed by atoms with Gasteiger partial charge in [0.15, 0.2) is 6.29 Å². The lowest BCUT2D eigenvalue weighted by molar-refractivity contribution is 0.112. The summed E-state index contributed by atoms with van der Waals surface area (Å²) in [7, 11) is 0. The van der Waals surface area contributed by atoms with Gasteiger partial charge in [0, 0.05) is 5.56 Å². The second-order valence-electron chi connectivity index (χ2n) is 4.61. The number of ether oxygens (including phenoxy) is 1. The number of allylic oxidation sites excluding steroid dienone is 1. The average Bonchev–Trinajstić information content (AvgIpc) is 2.82. The monoisotopic (exact) mass is 285 g/mol. The maximum absolute atomic E-state index is 11.3. The van der Waals surface area contributed by atoms with Gasteiger partial charge in [-0.15, -0.1) is 6.58 Å². The van der Waals surface area contributed by atoms with Crippen LogP contribution in [0.5, 0.6) is 5.75 Å². The molecule has 1 aromatic heterocycles. The van der Waals surface area contributed by atoms with E-state index in [1.54, 1.807) is 10.8 Å². The zero-order valence-corrected chi connectivity index (χ0v) is 12.1. The van der Waals surface area contributed by atoms with Crippen LogP contribution in [0.4, 0.5) is 5.82 Å². The molecule has 1 heterocycles. The van der Waals surface area contributed by atoms with Gasteiger partial charge in [-0.3, -0.25) is 4.79 Å². The summed E-state index contributed by atoms with van der Waals surface area (Å²) in [5.41, 5.74) is 7.74. The number of carbonyl (C=O) groups is 1. The van der Waals surface area contributed by atoms with E-state index in [9.17, 15) is 4.79 Å². The quantitative estimate of drug-likeness (QED) is 0.627. The molecule has 0 aliphatic carbocycles. The van der Waals surface area contributed by atoms with Crippen LogP contribution in [-0.4, -0.2) is 22.7 Å². The minimum Gasteiger partial charge on any atom is -0.494 e. The highest BCUT2D eigenvalue weighted by Gasteiger charge is 2.16. The summed E-state index contributed by atoms with van der Waals surface area (Å²) >= 11 is 0. The number of rotatable bonds is 7. The zero-order chi connectivity index (χ0) is 15.2. The van der Waals surface area contributed by atoms with Crippen molar-refractivity contribution >= 4 is 12.1 Å². The van der Waals surface area contributed by atoms with Gasteiger partial charge in [0.25, 0.3) is 0 Å². The van der Waals surface area contributed by atoms with Gasteiger partial charge in [-0.05, 0) is 30.7 Å². The van der Waals surface area contributed by atoms with Crippen LogP contribution in [0, 0.1) is 0 Å². The molecule has 0 aliphatic rings. The molecular weight excluding hydrogens is 266 g/mol. The number of carbonyl (C=O) groups excluding carboxylic acids is 1. The van der Waals surface area contributed by atoms with Crippen molar-refractivity contribution in [1.29, 1.82) is 0 Å². The lowest BCUT2D eigenvalue weighted by Gasteiger charge is -2.05. The minimum absolute atomic E-state index is 0.353. The van der Waals surface area contributed by atoms with E-state index < -0.39 is 0 Å². The molecular formula is C16H19N3O2. The Morgan fingerprint density at radius 1 is 1.38 bits per heavy atom. The van der Waals surface area contributed by atoms with E-state index in [2.05, 4.69) is 18.6 Å². The van der Waals surface area contributed by atoms with Crippen LogP contribution in [0.15, 0.2) is 36.9 Å². The van der Waals surface area contributed by atoms with E-state index in [1.165, 1.54) is 0 Å². The predicted molar refractivity (Wildman–Crippen MR) is 83.4 cm³/mol. The smallest absolute Gasteiger partial charge is 0.156 e. The van der Waals surface area contributed by atoms with E-state index >= 15 is 0 Å². The lowest BCUT2D eigenvalue weighted by Crippen LogP contribution is -2.03. The SMILES string of the molecule is C=CCn1nc(-c2ccc(OCCC)cc2)c(C=O)c1N. The molecule has 0 amide bonds. The standard InChI is InChI=1S/C16H19N3O2/c1-3-9-19-16(17)14(11-20)15(18-19)12-5-7-13(8-6-12)21-10-4-2/h3,5-8,11H,1,4,9-10,17H2,2H3. The molecule has 0 saturated heterocycles. The van der Waals surface area contributed by atoms with Crippen LogP contribution in [-0.2, 0) is 6.54 Å². The molecule has 0 radical (unpaired) electrons. The van der Waals surface area contributed by atoms with Gasteiger partial charge < -0.3 is 10.5 Å². The van der Waals surface area contributed by atoms with Gasteiger partial charge in [0.05, 0.1) is 18.7 Å². The molecule has 1 aromatic carbocycles. The molecule has 0 aliphatic heterocycles. The fourth-order valence-electron chi connectivity index (χ4n) is 2.01. The summed E-state index contributed by atoms with van der Waals surface area (Å²) in [6.45, 7) is 6.85. The summed E-state index contributed by atoms with van der Waals surface area (Å²) in [5, 5.41) is 4.38. The van der Waals surface area contributed by atoms with Crippen molar-refractivity contribution in [2.24, 2.45) is 0 Å². The zero-order valence-electron chi connectivity index (χ0n) is 12.1.